The Morgan fingerprint density at radius 2 is 2.12 bits per heavy atom. The average Bonchev–Trinajstić information content (AvgIpc) is 2.99. The van der Waals surface area contributed by atoms with Crippen LogP contribution in [0.25, 0.3) is 0 Å². The maximum atomic E-state index is 11.4. The Hall–Kier alpha value is -1.10. The van der Waals surface area contributed by atoms with E-state index in [0.717, 1.165) is 18.9 Å². The van der Waals surface area contributed by atoms with Gasteiger partial charge in [0.2, 0.25) is 11.8 Å². The van der Waals surface area contributed by atoms with Crippen molar-refractivity contribution in [2.24, 2.45) is 5.92 Å². The van der Waals surface area contributed by atoms with Gasteiger partial charge >= 0.3 is 0 Å². The van der Waals surface area contributed by atoms with E-state index in [1.807, 2.05) is 0 Å². The van der Waals surface area contributed by atoms with Gasteiger partial charge in [-0.1, -0.05) is 0 Å². The van der Waals surface area contributed by atoms with Crippen molar-refractivity contribution in [2.45, 2.75) is 31.7 Å². The van der Waals surface area contributed by atoms with Gasteiger partial charge < -0.3 is 16.0 Å². The molecule has 0 spiro atoms. The molecule has 1 aliphatic heterocycles. The van der Waals surface area contributed by atoms with Gasteiger partial charge in [0.1, 0.15) is 0 Å². The van der Waals surface area contributed by atoms with Crippen LogP contribution in [0, 0.1) is 5.92 Å². The first kappa shape index (κ1) is 11.4. The Balaban J connectivity index is 1.49. The highest BCUT2D eigenvalue weighted by atomic mass is 16.2. The summed E-state index contributed by atoms with van der Waals surface area (Å²) in [5.41, 5.74) is 0. The van der Waals surface area contributed by atoms with Crippen molar-refractivity contribution in [2.75, 3.05) is 19.6 Å². The smallest absolute Gasteiger partial charge is 0.233 e. The number of amides is 2. The highest BCUT2D eigenvalue weighted by Gasteiger charge is 2.22. The van der Waals surface area contributed by atoms with E-state index >= 15 is 0 Å². The Bertz CT molecular complexity index is 276. The van der Waals surface area contributed by atoms with E-state index < -0.39 is 0 Å². The van der Waals surface area contributed by atoms with E-state index in [2.05, 4.69) is 16.0 Å². The summed E-state index contributed by atoms with van der Waals surface area (Å²) in [5.74, 6) is 0.888. The molecule has 3 N–H and O–H groups in total. The molecule has 90 valence electrons. The van der Waals surface area contributed by atoms with Gasteiger partial charge in [-0.05, 0) is 25.2 Å². The third kappa shape index (κ3) is 3.81. The van der Waals surface area contributed by atoms with Crippen LogP contribution in [0.4, 0.5) is 0 Å². The van der Waals surface area contributed by atoms with Crippen LogP contribution in [0.5, 0.6) is 0 Å². The van der Waals surface area contributed by atoms with Crippen molar-refractivity contribution >= 4 is 11.8 Å². The Kier molecular flexibility index (Phi) is 3.77. The van der Waals surface area contributed by atoms with Gasteiger partial charge in [0.15, 0.2) is 0 Å². The largest absolute Gasteiger partial charge is 0.355 e. The van der Waals surface area contributed by atoms with Crippen molar-refractivity contribution in [1.29, 1.82) is 0 Å². The Morgan fingerprint density at radius 3 is 2.75 bits per heavy atom. The summed E-state index contributed by atoms with van der Waals surface area (Å²) in [4.78, 5) is 22.3. The molecule has 5 heteroatoms. The molecular formula is C11H19N3O2. The third-order valence-corrected chi connectivity index (χ3v) is 3.05. The maximum Gasteiger partial charge on any atom is 0.233 e. The first-order valence-electron chi connectivity index (χ1n) is 6.01. The maximum absolute atomic E-state index is 11.4. The van der Waals surface area contributed by atoms with Gasteiger partial charge in [0, 0.05) is 25.6 Å². The molecule has 0 aromatic carbocycles. The molecule has 0 aromatic rings. The SMILES string of the molecule is O=C(CNCC1CCC(=O)N1)NCC1CC1. The lowest BCUT2D eigenvalue weighted by Gasteiger charge is -2.11. The van der Waals surface area contributed by atoms with Crippen molar-refractivity contribution in [3.05, 3.63) is 0 Å². The third-order valence-electron chi connectivity index (χ3n) is 3.05. The molecule has 1 atom stereocenters. The van der Waals surface area contributed by atoms with Gasteiger partial charge in [-0.2, -0.15) is 0 Å². The summed E-state index contributed by atoms with van der Waals surface area (Å²) in [6.07, 6.45) is 3.99. The molecule has 2 amide bonds. The van der Waals surface area contributed by atoms with E-state index in [0.29, 0.717) is 19.5 Å². The summed E-state index contributed by atoms with van der Waals surface area (Å²) in [6, 6.07) is 0.198. The number of rotatable bonds is 6. The number of hydrogen-bond acceptors (Lipinski definition) is 3. The lowest BCUT2D eigenvalue weighted by molar-refractivity contribution is -0.120. The van der Waals surface area contributed by atoms with E-state index in [1.54, 1.807) is 0 Å². The number of nitrogens with one attached hydrogen (secondary N) is 3. The molecule has 2 aliphatic rings. The fraction of sp³-hybridized carbons (Fsp3) is 0.818. The van der Waals surface area contributed by atoms with Crippen molar-refractivity contribution in [1.82, 2.24) is 16.0 Å². The monoisotopic (exact) mass is 225 g/mol. The summed E-state index contributed by atoms with van der Waals surface area (Å²) in [6.45, 7) is 1.85. The molecule has 0 bridgehead atoms. The summed E-state index contributed by atoms with van der Waals surface area (Å²) in [5, 5.41) is 8.81. The molecule has 1 saturated heterocycles. The van der Waals surface area contributed by atoms with Crippen LogP contribution in [0.2, 0.25) is 0 Å². The fourth-order valence-electron chi connectivity index (χ4n) is 1.83. The predicted octanol–water partition coefficient (Wildman–Crippen LogP) is -0.619. The highest BCUT2D eigenvalue weighted by molar-refractivity contribution is 5.79. The van der Waals surface area contributed by atoms with Gasteiger partial charge in [0.05, 0.1) is 6.54 Å². The number of carbonyl (C=O) groups excluding carboxylic acids is 2. The molecular weight excluding hydrogens is 206 g/mol. The van der Waals surface area contributed by atoms with Gasteiger partial charge in [-0.25, -0.2) is 0 Å². The topological polar surface area (TPSA) is 70.2 Å². The van der Waals surface area contributed by atoms with Crippen LogP contribution in [-0.4, -0.2) is 37.5 Å². The zero-order valence-corrected chi connectivity index (χ0v) is 9.42. The van der Waals surface area contributed by atoms with Crippen molar-refractivity contribution in [3.8, 4) is 0 Å². The molecule has 2 fully saturated rings. The molecule has 5 nitrogen and oxygen atoms in total. The Labute approximate surface area is 95.3 Å². The lowest BCUT2D eigenvalue weighted by atomic mass is 10.2. The summed E-state index contributed by atoms with van der Waals surface area (Å²) in [7, 11) is 0. The van der Waals surface area contributed by atoms with Crippen LogP contribution in [-0.2, 0) is 9.59 Å². The van der Waals surface area contributed by atoms with Crippen LogP contribution >= 0.6 is 0 Å². The molecule has 0 aromatic heterocycles. The van der Waals surface area contributed by atoms with E-state index in [1.165, 1.54) is 12.8 Å². The summed E-state index contributed by atoms with van der Waals surface area (Å²) < 4.78 is 0. The molecule has 1 unspecified atom stereocenters. The first-order valence-corrected chi connectivity index (χ1v) is 6.01. The quantitative estimate of drug-likeness (QED) is 0.564. The second kappa shape index (κ2) is 5.30. The van der Waals surface area contributed by atoms with Crippen molar-refractivity contribution in [3.63, 3.8) is 0 Å². The minimum absolute atomic E-state index is 0.0521. The molecule has 16 heavy (non-hydrogen) atoms. The Morgan fingerprint density at radius 1 is 1.31 bits per heavy atom. The van der Waals surface area contributed by atoms with E-state index in [4.69, 9.17) is 0 Å². The second-order valence-corrected chi connectivity index (χ2v) is 4.68. The van der Waals surface area contributed by atoms with Gasteiger partial charge in [-0.3, -0.25) is 9.59 Å². The van der Waals surface area contributed by atoms with Crippen LogP contribution in [0.1, 0.15) is 25.7 Å². The second-order valence-electron chi connectivity index (χ2n) is 4.68. The molecule has 2 rings (SSSR count). The van der Waals surface area contributed by atoms with Crippen LogP contribution in [0.15, 0.2) is 0 Å². The van der Waals surface area contributed by atoms with Gasteiger partial charge in [0.25, 0.3) is 0 Å². The highest BCUT2D eigenvalue weighted by Crippen LogP contribution is 2.27. The number of carbonyl (C=O) groups is 2. The minimum atomic E-state index is 0.0521. The zero-order chi connectivity index (χ0) is 11.4. The van der Waals surface area contributed by atoms with Crippen LogP contribution in [0.3, 0.4) is 0 Å². The number of hydrogen-bond donors (Lipinski definition) is 3. The molecule has 1 aliphatic carbocycles. The molecule has 1 saturated carbocycles. The summed E-state index contributed by atoms with van der Waals surface area (Å²) >= 11 is 0. The normalized spacial score (nSPS) is 24.2. The van der Waals surface area contributed by atoms with E-state index in [9.17, 15) is 9.59 Å². The standard InChI is InChI=1S/C11H19N3O2/c15-10-4-3-9(14-10)6-12-7-11(16)13-5-8-1-2-8/h8-9,12H,1-7H2,(H,13,16)(H,14,15). The zero-order valence-electron chi connectivity index (χ0n) is 9.42. The lowest BCUT2D eigenvalue weighted by Crippen LogP contribution is -2.41. The average molecular weight is 225 g/mol. The van der Waals surface area contributed by atoms with Crippen LogP contribution < -0.4 is 16.0 Å². The van der Waals surface area contributed by atoms with E-state index in [-0.39, 0.29) is 17.9 Å². The van der Waals surface area contributed by atoms with Gasteiger partial charge in [-0.15, -0.1) is 0 Å². The molecule has 1 heterocycles. The predicted molar refractivity (Wildman–Crippen MR) is 59.8 cm³/mol. The van der Waals surface area contributed by atoms with Crippen molar-refractivity contribution < 1.29 is 9.59 Å². The first-order chi connectivity index (χ1) is 7.74. The minimum Gasteiger partial charge on any atom is -0.355 e. The fourth-order valence-corrected chi connectivity index (χ4v) is 1.83. The molecule has 0 radical (unpaired) electrons.